The van der Waals surface area contributed by atoms with Crippen LogP contribution < -0.4 is 4.74 Å². The molecule has 2 rings (SSSR count). The highest BCUT2D eigenvalue weighted by Gasteiger charge is 2.17. The topological polar surface area (TPSA) is 59.4 Å². The molecule has 0 spiro atoms. The summed E-state index contributed by atoms with van der Waals surface area (Å²) in [5.74, 6) is -1.53. The number of benzene rings is 1. The third-order valence-corrected chi connectivity index (χ3v) is 3.09. The fourth-order valence-corrected chi connectivity index (χ4v) is 1.86. The molecule has 0 saturated heterocycles. The molecule has 1 heterocycles. The molecule has 0 unspecified atom stereocenters. The Morgan fingerprint density at radius 1 is 1.42 bits per heavy atom. The third kappa shape index (κ3) is 2.90. The van der Waals surface area contributed by atoms with Crippen molar-refractivity contribution in [2.45, 2.75) is 6.92 Å². The summed E-state index contributed by atoms with van der Waals surface area (Å²) in [6.07, 6.45) is 1.43. The monoisotopic (exact) mass is 325 g/mol. The summed E-state index contributed by atoms with van der Waals surface area (Å²) < 4.78 is 19.0. The lowest BCUT2D eigenvalue weighted by Crippen LogP contribution is -2.04. The molecular formula is C13H9BrFNO3. The number of hydrogen-bond acceptors (Lipinski definition) is 3. The van der Waals surface area contributed by atoms with Crippen molar-refractivity contribution >= 4 is 21.9 Å². The van der Waals surface area contributed by atoms with Crippen LogP contribution in [0, 0.1) is 12.7 Å². The number of pyridine rings is 1. The van der Waals surface area contributed by atoms with Gasteiger partial charge in [-0.25, -0.2) is 14.2 Å². The van der Waals surface area contributed by atoms with Crippen molar-refractivity contribution in [3.63, 3.8) is 0 Å². The number of carboxylic acid groups (broad SMARTS) is 1. The van der Waals surface area contributed by atoms with Crippen molar-refractivity contribution in [3.05, 3.63) is 51.9 Å². The molecule has 6 heteroatoms. The van der Waals surface area contributed by atoms with Gasteiger partial charge in [0.1, 0.15) is 17.1 Å². The van der Waals surface area contributed by atoms with E-state index < -0.39 is 11.8 Å². The van der Waals surface area contributed by atoms with Crippen LogP contribution >= 0.6 is 15.9 Å². The summed E-state index contributed by atoms with van der Waals surface area (Å²) >= 11 is 3.20. The minimum atomic E-state index is -1.15. The largest absolute Gasteiger partial charge is 0.477 e. The van der Waals surface area contributed by atoms with E-state index in [1.54, 1.807) is 13.0 Å². The molecule has 0 atom stereocenters. The number of nitrogens with zero attached hydrogens (tertiary/aromatic N) is 1. The Balaban J connectivity index is 2.46. The standard InChI is InChI=1S/C13H9BrFNO3/c1-7-4-5-16-12(11(7)13(17)18)19-10-6-8(15)2-3-9(10)14/h2-6H,1H3,(H,17,18). The molecule has 0 fully saturated rings. The average Bonchev–Trinajstić information content (AvgIpc) is 2.33. The van der Waals surface area contributed by atoms with Crippen molar-refractivity contribution < 1.29 is 19.0 Å². The second-order valence-corrected chi connectivity index (χ2v) is 4.64. The highest BCUT2D eigenvalue weighted by Crippen LogP contribution is 2.31. The molecule has 4 nitrogen and oxygen atoms in total. The number of ether oxygens (including phenoxy) is 1. The molecule has 2 aromatic rings. The van der Waals surface area contributed by atoms with E-state index >= 15 is 0 Å². The zero-order valence-corrected chi connectivity index (χ0v) is 11.4. The Labute approximate surface area is 117 Å². The second-order valence-electron chi connectivity index (χ2n) is 3.79. The molecule has 0 bridgehead atoms. The summed E-state index contributed by atoms with van der Waals surface area (Å²) in [6, 6.07) is 5.45. The highest BCUT2D eigenvalue weighted by atomic mass is 79.9. The molecule has 19 heavy (non-hydrogen) atoms. The summed E-state index contributed by atoms with van der Waals surface area (Å²) in [7, 11) is 0. The minimum absolute atomic E-state index is 0.0429. The van der Waals surface area contributed by atoms with Gasteiger partial charge in [-0.1, -0.05) is 0 Å². The predicted molar refractivity (Wildman–Crippen MR) is 70.1 cm³/mol. The Bertz CT molecular complexity index is 646. The number of aromatic carboxylic acids is 1. The molecule has 1 aromatic carbocycles. The molecule has 0 aliphatic rings. The summed E-state index contributed by atoms with van der Waals surface area (Å²) in [6.45, 7) is 1.64. The van der Waals surface area contributed by atoms with Gasteiger partial charge in [-0.3, -0.25) is 0 Å². The molecule has 0 radical (unpaired) electrons. The van der Waals surface area contributed by atoms with Gasteiger partial charge in [0, 0.05) is 12.3 Å². The normalized spacial score (nSPS) is 10.3. The molecule has 0 amide bonds. The lowest BCUT2D eigenvalue weighted by atomic mass is 10.1. The van der Waals surface area contributed by atoms with Crippen LogP contribution in [-0.2, 0) is 0 Å². The van der Waals surface area contributed by atoms with Gasteiger partial charge in [-0.05, 0) is 46.6 Å². The molecule has 0 aliphatic carbocycles. The molecule has 98 valence electrons. The van der Waals surface area contributed by atoms with Crippen LogP contribution in [0.15, 0.2) is 34.9 Å². The Kier molecular flexibility index (Phi) is 3.80. The van der Waals surface area contributed by atoms with E-state index in [9.17, 15) is 9.18 Å². The van der Waals surface area contributed by atoms with Gasteiger partial charge in [-0.2, -0.15) is 0 Å². The SMILES string of the molecule is Cc1ccnc(Oc2cc(F)ccc2Br)c1C(=O)O. The number of carbonyl (C=O) groups is 1. The van der Waals surface area contributed by atoms with Gasteiger partial charge in [0.2, 0.25) is 5.88 Å². The van der Waals surface area contributed by atoms with E-state index in [4.69, 9.17) is 9.84 Å². The van der Waals surface area contributed by atoms with Crippen molar-refractivity contribution in [1.29, 1.82) is 0 Å². The van der Waals surface area contributed by atoms with E-state index in [-0.39, 0.29) is 17.2 Å². The molecule has 0 saturated carbocycles. The molecule has 1 aromatic heterocycles. The van der Waals surface area contributed by atoms with Gasteiger partial charge in [0.25, 0.3) is 0 Å². The molecule has 0 aliphatic heterocycles. The van der Waals surface area contributed by atoms with Crippen molar-refractivity contribution in [3.8, 4) is 11.6 Å². The van der Waals surface area contributed by atoms with E-state index in [2.05, 4.69) is 20.9 Å². The Morgan fingerprint density at radius 3 is 2.84 bits per heavy atom. The lowest BCUT2D eigenvalue weighted by Gasteiger charge is -2.10. The van der Waals surface area contributed by atoms with Crippen LogP contribution in [0.4, 0.5) is 4.39 Å². The van der Waals surface area contributed by atoms with Crippen LogP contribution in [-0.4, -0.2) is 16.1 Å². The quantitative estimate of drug-likeness (QED) is 0.932. The minimum Gasteiger partial charge on any atom is -0.477 e. The van der Waals surface area contributed by atoms with E-state index in [0.717, 1.165) is 6.07 Å². The number of aromatic nitrogens is 1. The summed E-state index contributed by atoms with van der Waals surface area (Å²) in [5.41, 5.74) is 0.476. The summed E-state index contributed by atoms with van der Waals surface area (Å²) in [5, 5.41) is 9.14. The van der Waals surface area contributed by atoms with Crippen LogP contribution in [0.1, 0.15) is 15.9 Å². The first-order chi connectivity index (χ1) is 8.99. The fourth-order valence-electron chi connectivity index (χ4n) is 1.53. The van der Waals surface area contributed by atoms with Crippen LogP contribution in [0.2, 0.25) is 0 Å². The number of halogens is 2. The van der Waals surface area contributed by atoms with Crippen molar-refractivity contribution in [2.24, 2.45) is 0 Å². The second kappa shape index (κ2) is 5.36. The van der Waals surface area contributed by atoms with Gasteiger partial charge < -0.3 is 9.84 Å². The maximum Gasteiger partial charge on any atom is 0.341 e. The summed E-state index contributed by atoms with van der Waals surface area (Å²) in [4.78, 5) is 15.1. The number of hydrogen-bond donors (Lipinski definition) is 1. The Morgan fingerprint density at radius 2 is 2.16 bits per heavy atom. The van der Waals surface area contributed by atoms with Crippen LogP contribution in [0.5, 0.6) is 11.6 Å². The zero-order valence-electron chi connectivity index (χ0n) is 9.85. The smallest absolute Gasteiger partial charge is 0.341 e. The van der Waals surface area contributed by atoms with E-state index in [1.807, 2.05) is 0 Å². The van der Waals surface area contributed by atoms with Crippen LogP contribution in [0.3, 0.4) is 0 Å². The first kappa shape index (κ1) is 13.5. The number of aryl methyl sites for hydroxylation is 1. The van der Waals surface area contributed by atoms with Crippen LogP contribution in [0.25, 0.3) is 0 Å². The highest BCUT2D eigenvalue weighted by molar-refractivity contribution is 9.10. The maximum atomic E-state index is 13.2. The predicted octanol–water partition coefficient (Wildman–Crippen LogP) is 3.78. The van der Waals surface area contributed by atoms with E-state index in [1.165, 1.54) is 18.3 Å². The van der Waals surface area contributed by atoms with Crippen molar-refractivity contribution in [1.82, 2.24) is 4.98 Å². The Hall–Kier alpha value is -1.95. The van der Waals surface area contributed by atoms with Gasteiger partial charge in [0.05, 0.1) is 4.47 Å². The lowest BCUT2D eigenvalue weighted by molar-refractivity contribution is 0.0692. The van der Waals surface area contributed by atoms with Crippen molar-refractivity contribution in [2.75, 3.05) is 0 Å². The van der Waals surface area contributed by atoms with E-state index in [0.29, 0.717) is 10.0 Å². The van der Waals surface area contributed by atoms with Gasteiger partial charge in [-0.15, -0.1) is 0 Å². The first-order valence-corrected chi connectivity index (χ1v) is 6.10. The fraction of sp³-hybridized carbons (Fsp3) is 0.0769. The number of carboxylic acids is 1. The molecular weight excluding hydrogens is 317 g/mol. The maximum absolute atomic E-state index is 13.2. The number of rotatable bonds is 3. The zero-order chi connectivity index (χ0) is 14.0. The van der Waals surface area contributed by atoms with Gasteiger partial charge in [0.15, 0.2) is 0 Å². The van der Waals surface area contributed by atoms with Gasteiger partial charge >= 0.3 is 5.97 Å². The molecule has 1 N–H and O–H groups in total. The first-order valence-electron chi connectivity index (χ1n) is 5.31. The third-order valence-electron chi connectivity index (χ3n) is 2.44. The average molecular weight is 326 g/mol.